The Kier molecular flexibility index (Phi) is 7.59. The predicted octanol–water partition coefficient (Wildman–Crippen LogP) is 5.66. The highest BCUT2D eigenvalue weighted by molar-refractivity contribution is 5.73. The zero-order chi connectivity index (χ0) is 28.4. The summed E-state index contributed by atoms with van der Waals surface area (Å²) in [6.07, 6.45) is 8.04. The molecule has 0 aliphatic carbocycles. The summed E-state index contributed by atoms with van der Waals surface area (Å²) in [6, 6.07) is 11.2. The fraction of sp³-hybridized carbons (Fsp3) is 0.355. The van der Waals surface area contributed by atoms with Gasteiger partial charge >= 0.3 is 0 Å². The van der Waals surface area contributed by atoms with Crippen molar-refractivity contribution in [2.75, 3.05) is 24.6 Å². The third-order valence-corrected chi connectivity index (χ3v) is 7.73. The lowest BCUT2D eigenvalue weighted by atomic mass is 9.97. The molecule has 2 unspecified atom stereocenters. The Morgan fingerprint density at radius 2 is 1.78 bits per heavy atom. The Morgan fingerprint density at radius 1 is 1.00 bits per heavy atom. The van der Waals surface area contributed by atoms with Crippen LogP contribution < -0.4 is 15.0 Å². The normalized spacial score (nSPS) is 20.3. The van der Waals surface area contributed by atoms with Gasteiger partial charge in [0, 0.05) is 43.0 Å². The molecular formula is C31H32F2N6O2. The molecule has 2 aromatic carbocycles. The highest BCUT2D eigenvalue weighted by atomic mass is 19.1. The first-order chi connectivity index (χ1) is 19.9. The van der Waals surface area contributed by atoms with Crippen LogP contribution in [0.15, 0.2) is 67.5 Å². The largest absolute Gasteiger partial charge is 0.451 e. The van der Waals surface area contributed by atoms with Gasteiger partial charge in [-0.2, -0.15) is 0 Å². The fourth-order valence-corrected chi connectivity index (χ4v) is 5.70. The minimum absolute atomic E-state index is 0.112. The molecule has 8 nitrogen and oxygen atoms in total. The van der Waals surface area contributed by atoms with Crippen LogP contribution in [0.1, 0.15) is 43.9 Å². The zero-order valence-electron chi connectivity index (χ0n) is 23.1. The fourth-order valence-electron chi connectivity index (χ4n) is 5.70. The molecule has 10 heteroatoms. The van der Waals surface area contributed by atoms with Crippen LogP contribution in [0.5, 0.6) is 11.5 Å². The second-order valence-electron chi connectivity index (χ2n) is 11.0. The van der Waals surface area contributed by atoms with Gasteiger partial charge in [0.25, 0.3) is 0 Å². The van der Waals surface area contributed by atoms with Crippen LogP contribution in [-0.4, -0.2) is 51.3 Å². The van der Waals surface area contributed by atoms with Gasteiger partial charge in [-0.05, 0) is 54.7 Å². The van der Waals surface area contributed by atoms with E-state index in [1.54, 1.807) is 30.6 Å². The van der Waals surface area contributed by atoms with Crippen molar-refractivity contribution in [2.45, 2.75) is 50.8 Å². The first-order valence-corrected chi connectivity index (χ1v) is 13.8. The van der Waals surface area contributed by atoms with Crippen LogP contribution in [0.3, 0.4) is 0 Å². The second-order valence-corrected chi connectivity index (χ2v) is 11.0. The van der Waals surface area contributed by atoms with Crippen molar-refractivity contribution in [3.8, 4) is 22.6 Å². The molecule has 2 saturated heterocycles. The van der Waals surface area contributed by atoms with Crippen molar-refractivity contribution in [3.05, 3.63) is 90.4 Å². The number of anilines is 1. The molecule has 2 fully saturated rings. The average Bonchev–Trinajstić information content (AvgIpc) is 3.59. The quantitative estimate of drug-likeness (QED) is 0.297. The van der Waals surface area contributed by atoms with Crippen molar-refractivity contribution in [3.63, 3.8) is 0 Å². The van der Waals surface area contributed by atoms with E-state index < -0.39 is 0 Å². The van der Waals surface area contributed by atoms with Gasteiger partial charge in [-0.3, -0.25) is 0 Å². The molecule has 1 spiro atoms. The molecule has 41 heavy (non-hydrogen) atoms. The minimum Gasteiger partial charge on any atom is -0.451 e. The van der Waals surface area contributed by atoms with Gasteiger partial charge in [0.05, 0.1) is 24.1 Å². The first-order valence-electron chi connectivity index (χ1n) is 13.8. The number of rotatable bonds is 8. The van der Waals surface area contributed by atoms with Gasteiger partial charge in [-0.15, -0.1) is 0 Å². The third kappa shape index (κ3) is 5.89. The van der Waals surface area contributed by atoms with E-state index in [1.165, 1.54) is 36.9 Å². The van der Waals surface area contributed by atoms with E-state index in [0.717, 1.165) is 30.6 Å². The lowest BCUT2D eigenvalue weighted by molar-refractivity contribution is 0.0223. The number of halogens is 2. The van der Waals surface area contributed by atoms with E-state index >= 15 is 0 Å². The number of benzene rings is 2. The molecular weight excluding hydrogens is 526 g/mol. The van der Waals surface area contributed by atoms with Crippen LogP contribution in [0.2, 0.25) is 0 Å². The summed E-state index contributed by atoms with van der Waals surface area (Å²) < 4.78 is 40.4. The highest BCUT2D eigenvalue weighted by Gasteiger charge is 2.46. The monoisotopic (exact) mass is 558 g/mol. The number of ether oxygens (including phenoxy) is 2. The van der Waals surface area contributed by atoms with E-state index in [0.29, 0.717) is 48.1 Å². The van der Waals surface area contributed by atoms with E-state index in [9.17, 15) is 8.78 Å². The maximum atomic E-state index is 14.4. The van der Waals surface area contributed by atoms with E-state index in [-0.39, 0.29) is 29.2 Å². The summed E-state index contributed by atoms with van der Waals surface area (Å²) in [6.45, 7) is 6.74. The summed E-state index contributed by atoms with van der Waals surface area (Å²) in [7, 11) is 0. The summed E-state index contributed by atoms with van der Waals surface area (Å²) in [5.41, 5.74) is 2.83. The van der Waals surface area contributed by atoms with Crippen LogP contribution in [0, 0.1) is 11.6 Å². The Balaban J connectivity index is 1.19. The molecule has 2 aromatic heterocycles. The summed E-state index contributed by atoms with van der Waals surface area (Å²) in [4.78, 5) is 19.6. The first kappa shape index (κ1) is 27.2. The topological polar surface area (TPSA) is 85.3 Å². The number of nitrogens with one attached hydrogen (secondary N) is 1. The molecule has 2 atom stereocenters. The van der Waals surface area contributed by atoms with E-state index in [2.05, 4.69) is 30.2 Å². The van der Waals surface area contributed by atoms with Gasteiger partial charge in [-0.1, -0.05) is 26.0 Å². The molecule has 0 bridgehead atoms. The van der Waals surface area contributed by atoms with Crippen molar-refractivity contribution >= 4 is 5.82 Å². The molecule has 0 saturated carbocycles. The van der Waals surface area contributed by atoms with E-state index in [4.69, 9.17) is 9.47 Å². The van der Waals surface area contributed by atoms with Crippen LogP contribution >= 0.6 is 0 Å². The number of hydrogen-bond donors (Lipinski definition) is 1. The highest BCUT2D eigenvalue weighted by Crippen LogP contribution is 2.42. The number of nitrogens with zero attached hydrogens (tertiary/aromatic N) is 5. The van der Waals surface area contributed by atoms with Crippen molar-refractivity contribution in [2.24, 2.45) is 0 Å². The maximum absolute atomic E-state index is 14.4. The summed E-state index contributed by atoms with van der Waals surface area (Å²) >= 11 is 0. The molecule has 2 aliphatic rings. The summed E-state index contributed by atoms with van der Waals surface area (Å²) in [5.74, 6) is 1.10. The van der Waals surface area contributed by atoms with Crippen molar-refractivity contribution in [1.29, 1.82) is 0 Å². The standard InChI is InChI=1S/C31H32F2N6O2/c1-20(2)29-26(14-34-18-37-29)25-11-23(33)7-8-27(25)41-28-15-35-19-38-30(28)39-10-9-31(17-39)12-24(16-40-31)36-13-21-3-5-22(32)6-4-21/h3-8,11,14-15,18-20,24,36H,9-10,12-13,16-17H2,1-2H3. The van der Waals surface area contributed by atoms with Crippen molar-refractivity contribution < 1.29 is 18.3 Å². The number of hydrogen-bond acceptors (Lipinski definition) is 8. The van der Waals surface area contributed by atoms with Crippen molar-refractivity contribution in [1.82, 2.24) is 25.3 Å². The Hall–Kier alpha value is -4.02. The second kappa shape index (κ2) is 11.5. The van der Waals surface area contributed by atoms with E-state index in [1.807, 2.05) is 13.8 Å². The molecule has 0 amide bonds. The molecule has 2 aliphatic heterocycles. The van der Waals surface area contributed by atoms with Crippen LogP contribution in [0.4, 0.5) is 14.6 Å². The van der Waals surface area contributed by atoms with Gasteiger partial charge in [0.1, 0.15) is 30.0 Å². The predicted molar refractivity (Wildman–Crippen MR) is 151 cm³/mol. The average molecular weight is 559 g/mol. The van der Waals surface area contributed by atoms with Gasteiger partial charge in [0.2, 0.25) is 0 Å². The lowest BCUT2D eigenvalue weighted by Crippen LogP contribution is -2.35. The Bertz CT molecular complexity index is 1520. The summed E-state index contributed by atoms with van der Waals surface area (Å²) in [5, 5.41) is 3.55. The molecule has 6 rings (SSSR count). The molecule has 4 aromatic rings. The smallest absolute Gasteiger partial charge is 0.188 e. The van der Waals surface area contributed by atoms with Gasteiger partial charge in [-0.25, -0.2) is 28.7 Å². The van der Waals surface area contributed by atoms with Crippen LogP contribution in [-0.2, 0) is 11.3 Å². The molecule has 212 valence electrons. The van der Waals surface area contributed by atoms with Crippen LogP contribution in [0.25, 0.3) is 11.1 Å². The number of aromatic nitrogens is 4. The van der Waals surface area contributed by atoms with Gasteiger partial charge in [0.15, 0.2) is 11.6 Å². The van der Waals surface area contributed by atoms with Gasteiger partial charge < -0.3 is 19.7 Å². The molecule has 0 radical (unpaired) electrons. The maximum Gasteiger partial charge on any atom is 0.188 e. The lowest BCUT2D eigenvalue weighted by Gasteiger charge is -2.25. The molecule has 4 heterocycles. The minimum atomic E-state index is -0.377. The Labute approximate surface area is 237 Å². The molecule has 1 N–H and O–H groups in total. The third-order valence-electron chi connectivity index (χ3n) is 7.73. The zero-order valence-corrected chi connectivity index (χ0v) is 23.1. The SMILES string of the molecule is CC(C)c1ncncc1-c1cc(F)ccc1Oc1cncnc1N1CCC2(CC(NCc3ccc(F)cc3)CO2)C1. The Morgan fingerprint density at radius 3 is 2.61 bits per heavy atom.